The zero-order valence-electron chi connectivity index (χ0n) is 22.9. The van der Waals surface area contributed by atoms with Gasteiger partial charge < -0.3 is 10.2 Å². The molecule has 4 heteroatoms. The summed E-state index contributed by atoms with van der Waals surface area (Å²) in [6, 6.07) is 26.1. The Labute approximate surface area is 223 Å². The molecular formula is C33H42N2O2. The second-order valence-electron chi connectivity index (χ2n) is 10.2. The molecule has 4 nitrogen and oxygen atoms in total. The van der Waals surface area contributed by atoms with Crippen molar-refractivity contribution in [3.05, 3.63) is 107 Å². The largest absolute Gasteiger partial charge is 0.354 e. The van der Waals surface area contributed by atoms with E-state index in [4.69, 9.17) is 0 Å². The van der Waals surface area contributed by atoms with Crippen LogP contribution < -0.4 is 5.32 Å². The fourth-order valence-electron chi connectivity index (χ4n) is 4.50. The molecule has 1 atom stereocenters. The third kappa shape index (κ3) is 8.59. The summed E-state index contributed by atoms with van der Waals surface area (Å²) in [7, 11) is 0. The van der Waals surface area contributed by atoms with Gasteiger partial charge in [0.25, 0.3) is 0 Å². The molecule has 3 aromatic carbocycles. The second kappa shape index (κ2) is 14.4. The Hall–Kier alpha value is -3.40. The summed E-state index contributed by atoms with van der Waals surface area (Å²) < 4.78 is 0. The molecule has 3 aromatic rings. The van der Waals surface area contributed by atoms with Crippen LogP contribution in [0.25, 0.3) is 0 Å². The first-order valence-corrected chi connectivity index (χ1v) is 13.6. The molecule has 0 spiro atoms. The van der Waals surface area contributed by atoms with Gasteiger partial charge in [-0.15, -0.1) is 0 Å². The average molecular weight is 499 g/mol. The van der Waals surface area contributed by atoms with Crippen molar-refractivity contribution in [1.82, 2.24) is 10.2 Å². The molecule has 0 fully saturated rings. The second-order valence-corrected chi connectivity index (χ2v) is 10.2. The summed E-state index contributed by atoms with van der Waals surface area (Å²) in [5, 5.41) is 3.10. The molecule has 0 aromatic heterocycles. The Morgan fingerprint density at radius 3 is 2.19 bits per heavy atom. The van der Waals surface area contributed by atoms with Gasteiger partial charge in [0.1, 0.15) is 6.04 Å². The Kier molecular flexibility index (Phi) is 10.9. The van der Waals surface area contributed by atoms with Crippen LogP contribution in [0.15, 0.2) is 78.9 Å². The first-order valence-electron chi connectivity index (χ1n) is 13.6. The number of carbonyl (C=O) groups is 2. The molecule has 0 bridgehead atoms. The van der Waals surface area contributed by atoms with Gasteiger partial charge in [-0.1, -0.05) is 106 Å². The Morgan fingerprint density at radius 1 is 0.865 bits per heavy atom. The lowest BCUT2D eigenvalue weighted by Crippen LogP contribution is -2.50. The van der Waals surface area contributed by atoms with E-state index in [1.165, 1.54) is 5.56 Å². The number of rotatable bonds is 13. The topological polar surface area (TPSA) is 49.4 Å². The highest BCUT2D eigenvalue weighted by Gasteiger charge is 2.30. The highest BCUT2D eigenvalue weighted by molar-refractivity contribution is 5.88. The maximum atomic E-state index is 13.8. The van der Waals surface area contributed by atoms with Gasteiger partial charge in [0.05, 0.1) is 0 Å². The van der Waals surface area contributed by atoms with Gasteiger partial charge >= 0.3 is 0 Å². The first kappa shape index (κ1) is 28.2. The number of aryl methyl sites for hydroxylation is 2. The SMILES string of the molecule is CCCCNC(=O)C(Cc1ccccc1)N(Cc1ccccc1C)C(=O)CCc1ccc(C(C)C)cc1. The Morgan fingerprint density at radius 2 is 1.54 bits per heavy atom. The zero-order valence-corrected chi connectivity index (χ0v) is 22.9. The lowest BCUT2D eigenvalue weighted by atomic mass is 9.99. The lowest BCUT2D eigenvalue weighted by molar-refractivity contribution is -0.141. The maximum absolute atomic E-state index is 13.8. The number of hydrogen-bond acceptors (Lipinski definition) is 2. The number of nitrogens with zero attached hydrogens (tertiary/aromatic N) is 1. The number of amides is 2. The molecule has 1 unspecified atom stereocenters. The fourth-order valence-corrected chi connectivity index (χ4v) is 4.50. The van der Waals surface area contributed by atoms with Crippen molar-refractivity contribution in [2.24, 2.45) is 0 Å². The highest BCUT2D eigenvalue weighted by Crippen LogP contribution is 2.20. The van der Waals surface area contributed by atoms with Crippen molar-refractivity contribution >= 4 is 11.8 Å². The minimum Gasteiger partial charge on any atom is -0.354 e. The molecule has 37 heavy (non-hydrogen) atoms. The van der Waals surface area contributed by atoms with Crippen LogP contribution in [0.4, 0.5) is 0 Å². The summed E-state index contributed by atoms with van der Waals surface area (Å²) in [5.74, 6) is 0.397. The van der Waals surface area contributed by atoms with Crippen LogP contribution in [-0.4, -0.2) is 29.3 Å². The van der Waals surface area contributed by atoms with E-state index < -0.39 is 6.04 Å². The molecule has 3 rings (SSSR count). The molecule has 0 saturated heterocycles. The van der Waals surface area contributed by atoms with Crippen LogP contribution in [0.3, 0.4) is 0 Å². The summed E-state index contributed by atoms with van der Waals surface area (Å²) >= 11 is 0. The number of carbonyl (C=O) groups excluding carboxylic acids is 2. The third-order valence-electron chi connectivity index (χ3n) is 6.98. The highest BCUT2D eigenvalue weighted by atomic mass is 16.2. The summed E-state index contributed by atoms with van der Waals surface area (Å²) in [6.45, 7) is 9.56. The molecule has 196 valence electrons. The van der Waals surface area contributed by atoms with Gasteiger partial charge in [0.15, 0.2) is 0 Å². The molecule has 0 aliphatic rings. The van der Waals surface area contributed by atoms with Crippen molar-refractivity contribution in [2.75, 3.05) is 6.54 Å². The van der Waals surface area contributed by atoms with Gasteiger partial charge in [-0.25, -0.2) is 0 Å². The van der Waals surface area contributed by atoms with Crippen LogP contribution in [0.2, 0.25) is 0 Å². The van der Waals surface area contributed by atoms with Crippen LogP contribution in [0.1, 0.15) is 73.8 Å². The molecule has 1 N–H and O–H groups in total. The Balaban J connectivity index is 1.87. The third-order valence-corrected chi connectivity index (χ3v) is 6.98. The number of hydrogen-bond donors (Lipinski definition) is 1. The van der Waals surface area contributed by atoms with Gasteiger partial charge in [0, 0.05) is 25.9 Å². The van der Waals surface area contributed by atoms with Gasteiger partial charge in [0.2, 0.25) is 11.8 Å². The Bertz CT molecular complexity index is 1120. The van der Waals surface area contributed by atoms with E-state index in [1.54, 1.807) is 4.90 Å². The minimum absolute atomic E-state index is 0.00256. The number of unbranched alkanes of at least 4 members (excludes halogenated alkanes) is 1. The van der Waals surface area contributed by atoms with Crippen LogP contribution in [0.5, 0.6) is 0 Å². The zero-order chi connectivity index (χ0) is 26.6. The first-order chi connectivity index (χ1) is 17.9. The van der Waals surface area contributed by atoms with Crippen LogP contribution >= 0.6 is 0 Å². The smallest absolute Gasteiger partial charge is 0.243 e. The van der Waals surface area contributed by atoms with Crippen molar-refractivity contribution < 1.29 is 9.59 Å². The lowest BCUT2D eigenvalue weighted by Gasteiger charge is -2.32. The van der Waals surface area contributed by atoms with Crippen molar-refractivity contribution in [3.63, 3.8) is 0 Å². The van der Waals surface area contributed by atoms with Crippen LogP contribution in [0, 0.1) is 6.92 Å². The van der Waals surface area contributed by atoms with Gasteiger partial charge in [-0.3, -0.25) is 9.59 Å². The van der Waals surface area contributed by atoms with Gasteiger partial charge in [-0.05, 0) is 53.5 Å². The predicted octanol–water partition coefficient (Wildman–Crippen LogP) is 6.61. The molecule has 2 amide bonds. The summed E-state index contributed by atoms with van der Waals surface area (Å²) in [5.41, 5.74) is 5.67. The van der Waals surface area contributed by atoms with Crippen molar-refractivity contribution in [1.29, 1.82) is 0 Å². The van der Waals surface area contributed by atoms with Crippen LogP contribution in [-0.2, 0) is 29.0 Å². The summed E-state index contributed by atoms with van der Waals surface area (Å²) in [6.07, 6.45) is 3.42. The summed E-state index contributed by atoms with van der Waals surface area (Å²) in [4.78, 5) is 29.1. The molecular weight excluding hydrogens is 456 g/mol. The molecule has 0 aliphatic carbocycles. The van der Waals surface area contributed by atoms with E-state index >= 15 is 0 Å². The standard InChI is InChI=1S/C33H42N2O2/c1-5-6-22-34-33(37)31(23-28-13-8-7-9-14-28)35(24-30-15-11-10-12-26(30)4)32(36)21-18-27-16-19-29(20-17-27)25(2)3/h7-17,19-20,25,31H,5-6,18,21-24H2,1-4H3,(H,34,37). The normalized spacial score (nSPS) is 11.8. The molecule has 0 aliphatic heterocycles. The predicted molar refractivity (Wildman–Crippen MR) is 152 cm³/mol. The maximum Gasteiger partial charge on any atom is 0.243 e. The number of nitrogens with one attached hydrogen (secondary N) is 1. The quantitative estimate of drug-likeness (QED) is 0.270. The fraction of sp³-hybridized carbons (Fsp3) is 0.394. The van der Waals surface area contributed by atoms with E-state index in [0.29, 0.717) is 38.3 Å². The van der Waals surface area contributed by atoms with E-state index in [9.17, 15) is 9.59 Å². The van der Waals surface area contributed by atoms with Crippen molar-refractivity contribution in [2.45, 2.75) is 78.3 Å². The molecule has 0 radical (unpaired) electrons. The van der Waals surface area contributed by atoms with E-state index in [0.717, 1.165) is 35.1 Å². The monoisotopic (exact) mass is 498 g/mol. The van der Waals surface area contributed by atoms with Gasteiger partial charge in [-0.2, -0.15) is 0 Å². The van der Waals surface area contributed by atoms with E-state index in [1.807, 2.05) is 42.5 Å². The average Bonchev–Trinajstić information content (AvgIpc) is 2.91. The number of benzene rings is 3. The van der Waals surface area contributed by atoms with E-state index in [-0.39, 0.29) is 11.8 Å². The molecule has 0 saturated carbocycles. The van der Waals surface area contributed by atoms with E-state index in [2.05, 4.69) is 69.4 Å². The molecule has 0 heterocycles. The minimum atomic E-state index is -0.574. The van der Waals surface area contributed by atoms with Crippen molar-refractivity contribution in [3.8, 4) is 0 Å².